The highest BCUT2D eigenvalue weighted by Gasteiger charge is 2.13. The van der Waals surface area contributed by atoms with E-state index in [0.717, 1.165) is 24.2 Å². The van der Waals surface area contributed by atoms with Crippen LogP contribution in [0.5, 0.6) is 0 Å². The average Bonchev–Trinajstić information content (AvgIpc) is 2.82. The molecule has 1 aromatic carbocycles. The smallest absolute Gasteiger partial charge is 0.221 e. The molecule has 6 nitrogen and oxygen atoms in total. The van der Waals surface area contributed by atoms with Gasteiger partial charge in [-0.3, -0.25) is 4.79 Å². The van der Waals surface area contributed by atoms with Gasteiger partial charge in [0, 0.05) is 12.6 Å². The Balaban J connectivity index is 2.43. The first-order valence-corrected chi connectivity index (χ1v) is 6.38. The lowest BCUT2D eigenvalue weighted by Gasteiger charge is -2.08. The maximum atomic E-state index is 11.1. The molecular formula is C14H15N5O. The van der Waals surface area contributed by atoms with Gasteiger partial charge in [-0.1, -0.05) is 24.6 Å². The van der Waals surface area contributed by atoms with Gasteiger partial charge in [-0.25, -0.2) is 4.68 Å². The lowest BCUT2D eigenvalue weighted by molar-refractivity contribution is -0.114. The number of anilines is 1. The van der Waals surface area contributed by atoms with Crippen molar-refractivity contribution >= 4 is 11.6 Å². The predicted octanol–water partition coefficient (Wildman–Crippen LogP) is 2.05. The zero-order chi connectivity index (χ0) is 14.5. The standard InChI is InChI=1S/C14H15N5O/c1-3-5-14-13(9-15)17-18-19(14)12-7-4-6-11(8-12)16-10(2)20/h4,6-8H,3,5H2,1-2H3,(H,16,20). The normalized spacial score (nSPS) is 10.1. The Hall–Kier alpha value is -2.68. The van der Waals surface area contributed by atoms with Crippen LogP contribution in [-0.2, 0) is 11.2 Å². The molecule has 1 N–H and O–H groups in total. The van der Waals surface area contributed by atoms with Crippen molar-refractivity contribution < 1.29 is 4.79 Å². The number of nitrogens with zero attached hydrogens (tertiary/aromatic N) is 4. The third-order valence-corrected chi connectivity index (χ3v) is 2.77. The fraction of sp³-hybridized carbons (Fsp3) is 0.286. The quantitative estimate of drug-likeness (QED) is 0.920. The summed E-state index contributed by atoms with van der Waals surface area (Å²) in [7, 11) is 0. The topological polar surface area (TPSA) is 83.6 Å². The van der Waals surface area contributed by atoms with Crippen LogP contribution in [0.1, 0.15) is 31.7 Å². The van der Waals surface area contributed by atoms with E-state index in [-0.39, 0.29) is 5.91 Å². The molecule has 1 aromatic heterocycles. The third kappa shape index (κ3) is 2.83. The van der Waals surface area contributed by atoms with Crippen LogP contribution >= 0.6 is 0 Å². The molecule has 0 bridgehead atoms. The Morgan fingerprint density at radius 2 is 2.30 bits per heavy atom. The SMILES string of the molecule is CCCc1c(C#N)nnn1-c1cccc(NC(C)=O)c1. The Kier molecular flexibility index (Phi) is 4.11. The highest BCUT2D eigenvalue weighted by Crippen LogP contribution is 2.18. The molecule has 0 saturated heterocycles. The fourth-order valence-electron chi connectivity index (χ4n) is 1.98. The van der Waals surface area contributed by atoms with Crippen molar-refractivity contribution in [3.05, 3.63) is 35.7 Å². The van der Waals surface area contributed by atoms with Crippen LogP contribution in [0.25, 0.3) is 5.69 Å². The number of carbonyl (C=O) groups is 1. The molecule has 0 aliphatic heterocycles. The van der Waals surface area contributed by atoms with E-state index in [1.807, 2.05) is 19.1 Å². The van der Waals surface area contributed by atoms with Crippen LogP contribution < -0.4 is 5.32 Å². The molecule has 1 amide bonds. The van der Waals surface area contributed by atoms with Gasteiger partial charge in [-0.05, 0) is 24.6 Å². The monoisotopic (exact) mass is 269 g/mol. The lowest BCUT2D eigenvalue weighted by Crippen LogP contribution is -2.07. The largest absolute Gasteiger partial charge is 0.326 e. The molecule has 0 fully saturated rings. The number of nitrogens with one attached hydrogen (secondary N) is 1. The van der Waals surface area contributed by atoms with Gasteiger partial charge in [0.25, 0.3) is 0 Å². The van der Waals surface area contributed by atoms with Gasteiger partial charge in [0.2, 0.25) is 5.91 Å². The van der Waals surface area contributed by atoms with E-state index in [2.05, 4.69) is 21.7 Å². The number of hydrogen-bond donors (Lipinski definition) is 1. The van der Waals surface area contributed by atoms with E-state index >= 15 is 0 Å². The summed E-state index contributed by atoms with van der Waals surface area (Å²) in [5.74, 6) is -0.132. The Morgan fingerprint density at radius 1 is 1.50 bits per heavy atom. The molecule has 0 unspecified atom stereocenters. The van der Waals surface area contributed by atoms with E-state index in [1.54, 1.807) is 16.8 Å². The van der Waals surface area contributed by atoms with E-state index in [0.29, 0.717) is 11.4 Å². The zero-order valence-corrected chi connectivity index (χ0v) is 11.4. The average molecular weight is 269 g/mol. The minimum absolute atomic E-state index is 0.132. The summed E-state index contributed by atoms with van der Waals surface area (Å²) in [6.45, 7) is 3.49. The summed E-state index contributed by atoms with van der Waals surface area (Å²) in [5, 5.41) is 19.7. The predicted molar refractivity (Wildman–Crippen MR) is 74.4 cm³/mol. The van der Waals surface area contributed by atoms with Crippen LogP contribution in [0, 0.1) is 11.3 Å². The Morgan fingerprint density at radius 3 is 2.95 bits per heavy atom. The summed E-state index contributed by atoms with van der Waals surface area (Å²) in [6.07, 6.45) is 1.62. The summed E-state index contributed by atoms with van der Waals surface area (Å²) >= 11 is 0. The first-order chi connectivity index (χ1) is 9.65. The van der Waals surface area contributed by atoms with Gasteiger partial charge in [0.05, 0.1) is 11.4 Å². The Labute approximate surface area is 117 Å². The van der Waals surface area contributed by atoms with Crippen LogP contribution in [0.2, 0.25) is 0 Å². The van der Waals surface area contributed by atoms with Crippen molar-refractivity contribution in [3.63, 3.8) is 0 Å². The molecule has 0 saturated carbocycles. The van der Waals surface area contributed by atoms with Crippen molar-refractivity contribution in [3.8, 4) is 11.8 Å². The van der Waals surface area contributed by atoms with Gasteiger partial charge >= 0.3 is 0 Å². The van der Waals surface area contributed by atoms with Crippen molar-refractivity contribution in [2.75, 3.05) is 5.32 Å². The second-order valence-electron chi connectivity index (χ2n) is 4.39. The minimum Gasteiger partial charge on any atom is -0.326 e. The molecular weight excluding hydrogens is 254 g/mol. The number of hydrogen-bond acceptors (Lipinski definition) is 4. The van der Waals surface area contributed by atoms with Crippen LogP contribution in [0.15, 0.2) is 24.3 Å². The number of aromatic nitrogens is 3. The molecule has 1 heterocycles. The molecule has 2 aromatic rings. The number of benzene rings is 1. The van der Waals surface area contributed by atoms with Gasteiger partial charge in [-0.15, -0.1) is 5.10 Å². The van der Waals surface area contributed by atoms with Crippen molar-refractivity contribution in [1.29, 1.82) is 5.26 Å². The van der Waals surface area contributed by atoms with Gasteiger partial charge < -0.3 is 5.32 Å². The van der Waals surface area contributed by atoms with Crippen molar-refractivity contribution in [1.82, 2.24) is 15.0 Å². The molecule has 6 heteroatoms. The van der Waals surface area contributed by atoms with Crippen LogP contribution in [0.3, 0.4) is 0 Å². The number of carbonyl (C=O) groups excluding carboxylic acids is 1. The number of nitriles is 1. The Bertz CT molecular complexity index is 668. The van der Waals surface area contributed by atoms with Gasteiger partial charge in [-0.2, -0.15) is 5.26 Å². The highest BCUT2D eigenvalue weighted by atomic mass is 16.1. The van der Waals surface area contributed by atoms with E-state index < -0.39 is 0 Å². The fourth-order valence-corrected chi connectivity index (χ4v) is 1.98. The lowest BCUT2D eigenvalue weighted by atomic mass is 10.2. The summed E-state index contributed by atoms with van der Waals surface area (Å²) in [4.78, 5) is 11.1. The number of amides is 1. The van der Waals surface area contributed by atoms with Crippen LogP contribution in [0.4, 0.5) is 5.69 Å². The van der Waals surface area contributed by atoms with Crippen molar-refractivity contribution in [2.45, 2.75) is 26.7 Å². The van der Waals surface area contributed by atoms with E-state index in [1.165, 1.54) is 6.92 Å². The molecule has 0 aliphatic carbocycles. The van der Waals surface area contributed by atoms with E-state index in [9.17, 15) is 4.79 Å². The zero-order valence-electron chi connectivity index (χ0n) is 11.4. The highest BCUT2D eigenvalue weighted by molar-refractivity contribution is 5.88. The summed E-state index contributed by atoms with van der Waals surface area (Å²) < 4.78 is 1.65. The maximum absolute atomic E-state index is 11.1. The van der Waals surface area contributed by atoms with Gasteiger partial charge in [0.15, 0.2) is 5.69 Å². The van der Waals surface area contributed by atoms with Crippen LogP contribution in [-0.4, -0.2) is 20.9 Å². The van der Waals surface area contributed by atoms with Crippen molar-refractivity contribution in [2.24, 2.45) is 0 Å². The first kappa shape index (κ1) is 13.7. The molecule has 2 rings (SSSR count). The second-order valence-corrected chi connectivity index (χ2v) is 4.39. The van der Waals surface area contributed by atoms with E-state index in [4.69, 9.17) is 5.26 Å². The third-order valence-electron chi connectivity index (χ3n) is 2.77. The summed E-state index contributed by atoms with van der Waals surface area (Å²) in [5.41, 5.74) is 2.59. The van der Waals surface area contributed by atoms with Gasteiger partial charge in [0.1, 0.15) is 6.07 Å². The first-order valence-electron chi connectivity index (χ1n) is 6.38. The minimum atomic E-state index is -0.132. The molecule has 0 atom stereocenters. The second kappa shape index (κ2) is 5.97. The molecule has 0 aliphatic rings. The molecule has 0 radical (unpaired) electrons. The number of rotatable bonds is 4. The molecule has 0 spiro atoms. The molecule has 102 valence electrons. The maximum Gasteiger partial charge on any atom is 0.221 e. The molecule has 20 heavy (non-hydrogen) atoms. The summed E-state index contributed by atoms with van der Waals surface area (Å²) in [6, 6.07) is 9.34.